The van der Waals surface area contributed by atoms with Crippen LogP contribution >= 0.6 is 0 Å². The number of ether oxygens (including phenoxy) is 1. The van der Waals surface area contributed by atoms with Crippen molar-refractivity contribution in [1.82, 2.24) is 14.9 Å². The van der Waals surface area contributed by atoms with E-state index in [1.807, 2.05) is 6.07 Å². The molecular weight excluding hydrogens is 312 g/mol. The smallest absolute Gasteiger partial charge is 0.129 e. The number of hydrogen-bond acceptors (Lipinski definition) is 5. The van der Waals surface area contributed by atoms with E-state index >= 15 is 0 Å². The Bertz CT molecular complexity index is 647. The van der Waals surface area contributed by atoms with Gasteiger partial charge in [-0.05, 0) is 17.9 Å². The van der Waals surface area contributed by atoms with Gasteiger partial charge >= 0.3 is 0 Å². The lowest BCUT2D eigenvalue weighted by Gasteiger charge is -2.24. The Morgan fingerprint density at radius 3 is 2.88 bits per heavy atom. The highest BCUT2D eigenvalue weighted by atomic mass is 16.5. The van der Waals surface area contributed by atoms with Crippen LogP contribution in [0.15, 0.2) is 42.7 Å². The molecule has 0 radical (unpaired) electrons. The Hall–Kier alpha value is -1.98. The highest BCUT2D eigenvalue weighted by molar-refractivity contribution is 5.35. The molecule has 1 fully saturated rings. The van der Waals surface area contributed by atoms with Crippen molar-refractivity contribution in [1.29, 1.82) is 0 Å². The minimum absolute atomic E-state index is 0.170. The summed E-state index contributed by atoms with van der Waals surface area (Å²) in [5, 5.41) is 3.42. The molecule has 0 aliphatic carbocycles. The summed E-state index contributed by atoms with van der Waals surface area (Å²) in [5.74, 6) is 1.28. The molecule has 0 amide bonds. The SMILES string of the molecule is CC(C)c1cc(NCC2CN(Cc3ccccc3)CCCO2)ncn1. The largest absolute Gasteiger partial charge is 0.375 e. The predicted octanol–water partition coefficient (Wildman–Crippen LogP) is 3.30. The van der Waals surface area contributed by atoms with Crippen molar-refractivity contribution in [3.63, 3.8) is 0 Å². The summed E-state index contributed by atoms with van der Waals surface area (Å²) in [6.45, 7) is 8.86. The number of nitrogens with one attached hydrogen (secondary N) is 1. The number of hydrogen-bond donors (Lipinski definition) is 1. The van der Waals surface area contributed by atoms with Crippen LogP contribution in [-0.4, -0.2) is 47.2 Å². The molecule has 2 heterocycles. The summed E-state index contributed by atoms with van der Waals surface area (Å²) in [7, 11) is 0. The first-order chi connectivity index (χ1) is 12.2. The molecule has 0 bridgehead atoms. The third-order valence-corrected chi connectivity index (χ3v) is 4.47. The third kappa shape index (κ3) is 5.51. The fourth-order valence-electron chi connectivity index (χ4n) is 3.08. The molecule has 1 aliphatic rings. The van der Waals surface area contributed by atoms with Crippen LogP contribution in [-0.2, 0) is 11.3 Å². The molecule has 5 heteroatoms. The Morgan fingerprint density at radius 1 is 1.24 bits per heavy atom. The van der Waals surface area contributed by atoms with Gasteiger partial charge in [-0.15, -0.1) is 0 Å². The Balaban J connectivity index is 1.55. The molecule has 1 N–H and O–H groups in total. The van der Waals surface area contributed by atoms with Crippen molar-refractivity contribution >= 4 is 5.82 Å². The first-order valence-electron chi connectivity index (χ1n) is 9.14. The van der Waals surface area contributed by atoms with E-state index in [9.17, 15) is 0 Å². The van der Waals surface area contributed by atoms with Crippen molar-refractivity contribution < 1.29 is 4.74 Å². The monoisotopic (exact) mass is 340 g/mol. The minimum Gasteiger partial charge on any atom is -0.375 e. The molecule has 1 atom stereocenters. The van der Waals surface area contributed by atoms with Crippen LogP contribution in [0.5, 0.6) is 0 Å². The van der Waals surface area contributed by atoms with Crippen LogP contribution in [0.3, 0.4) is 0 Å². The van der Waals surface area contributed by atoms with Crippen LogP contribution in [0.1, 0.15) is 37.4 Å². The van der Waals surface area contributed by atoms with E-state index in [0.717, 1.165) is 50.7 Å². The average Bonchev–Trinajstić information content (AvgIpc) is 2.86. The van der Waals surface area contributed by atoms with E-state index in [0.29, 0.717) is 5.92 Å². The van der Waals surface area contributed by atoms with Crippen molar-refractivity contribution in [2.45, 2.75) is 38.8 Å². The standard InChI is InChI=1S/C20H28N4O/c1-16(2)19-11-20(23-15-22-19)21-12-18-14-24(9-6-10-25-18)13-17-7-4-3-5-8-17/h3-5,7-8,11,15-16,18H,6,9-10,12-14H2,1-2H3,(H,21,22,23). The summed E-state index contributed by atoms with van der Waals surface area (Å²) in [4.78, 5) is 11.1. The topological polar surface area (TPSA) is 50.3 Å². The van der Waals surface area contributed by atoms with E-state index in [-0.39, 0.29) is 6.10 Å². The second-order valence-corrected chi connectivity index (χ2v) is 6.93. The lowest BCUT2D eigenvalue weighted by molar-refractivity contribution is 0.0624. The van der Waals surface area contributed by atoms with Gasteiger partial charge in [-0.2, -0.15) is 0 Å². The first kappa shape index (κ1) is 17.8. The van der Waals surface area contributed by atoms with Crippen LogP contribution < -0.4 is 5.32 Å². The molecule has 2 aromatic rings. The maximum Gasteiger partial charge on any atom is 0.129 e. The van der Waals surface area contributed by atoms with Gasteiger partial charge in [0, 0.05) is 44.5 Å². The number of rotatable bonds is 6. The van der Waals surface area contributed by atoms with Crippen LogP contribution in [0.2, 0.25) is 0 Å². The van der Waals surface area contributed by atoms with E-state index < -0.39 is 0 Å². The van der Waals surface area contributed by atoms with Crippen molar-refractivity contribution in [3.8, 4) is 0 Å². The number of benzene rings is 1. The molecule has 1 aliphatic heterocycles. The van der Waals surface area contributed by atoms with Gasteiger partial charge in [-0.1, -0.05) is 44.2 Å². The molecule has 1 aromatic carbocycles. The lowest BCUT2D eigenvalue weighted by Crippen LogP contribution is -2.35. The van der Waals surface area contributed by atoms with Crippen LogP contribution in [0, 0.1) is 0 Å². The van der Waals surface area contributed by atoms with Crippen molar-refractivity contribution in [2.24, 2.45) is 0 Å². The van der Waals surface area contributed by atoms with E-state index in [2.05, 4.69) is 64.4 Å². The van der Waals surface area contributed by atoms with Gasteiger partial charge in [0.25, 0.3) is 0 Å². The Morgan fingerprint density at radius 2 is 2.08 bits per heavy atom. The molecular formula is C20H28N4O. The van der Waals surface area contributed by atoms with E-state index in [4.69, 9.17) is 4.74 Å². The second kappa shape index (κ2) is 8.92. The minimum atomic E-state index is 0.170. The maximum atomic E-state index is 6.02. The average molecular weight is 340 g/mol. The van der Waals surface area contributed by atoms with Gasteiger partial charge in [0.1, 0.15) is 12.1 Å². The summed E-state index contributed by atoms with van der Waals surface area (Å²) >= 11 is 0. The zero-order chi connectivity index (χ0) is 17.5. The van der Waals surface area contributed by atoms with Crippen molar-refractivity contribution in [3.05, 3.63) is 54.0 Å². The van der Waals surface area contributed by atoms with Crippen LogP contribution in [0.25, 0.3) is 0 Å². The van der Waals surface area contributed by atoms with Gasteiger partial charge in [0.2, 0.25) is 0 Å². The fourth-order valence-corrected chi connectivity index (χ4v) is 3.08. The van der Waals surface area contributed by atoms with Gasteiger partial charge in [-0.25, -0.2) is 9.97 Å². The predicted molar refractivity (Wildman–Crippen MR) is 101 cm³/mol. The van der Waals surface area contributed by atoms with E-state index in [1.54, 1.807) is 6.33 Å². The number of aromatic nitrogens is 2. The fraction of sp³-hybridized carbons (Fsp3) is 0.500. The quantitative estimate of drug-likeness (QED) is 0.874. The summed E-state index contributed by atoms with van der Waals surface area (Å²) in [6.07, 6.45) is 2.88. The molecule has 134 valence electrons. The van der Waals surface area contributed by atoms with E-state index in [1.165, 1.54) is 5.56 Å². The molecule has 25 heavy (non-hydrogen) atoms. The van der Waals surface area contributed by atoms with Gasteiger partial charge in [-0.3, -0.25) is 4.90 Å². The zero-order valence-electron chi connectivity index (χ0n) is 15.2. The molecule has 0 spiro atoms. The molecule has 0 saturated carbocycles. The Labute approximate surface area is 150 Å². The molecule has 1 aromatic heterocycles. The normalized spacial score (nSPS) is 18.9. The highest BCUT2D eigenvalue weighted by Crippen LogP contribution is 2.15. The first-order valence-corrected chi connectivity index (χ1v) is 9.14. The second-order valence-electron chi connectivity index (χ2n) is 6.93. The summed E-state index contributed by atoms with van der Waals surface area (Å²) in [5.41, 5.74) is 2.42. The van der Waals surface area contributed by atoms with Crippen LogP contribution in [0.4, 0.5) is 5.82 Å². The molecule has 1 saturated heterocycles. The maximum absolute atomic E-state index is 6.02. The Kier molecular flexibility index (Phi) is 6.36. The third-order valence-electron chi connectivity index (χ3n) is 4.47. The zero-order valence-corrected chi connectivity index (χ0v) is 15.2. The lowest BCUT2D eigenvalue weighted by atomic mass is 10.1. The summed E-state index contributed by atoms with van der Waals surface area (Å²) < 4.78 is 6.02. The van der Waals surface area contributed by atoms with Gasteiger partial charge in [0.15, 0.2) is 0 Å². The van der Waals surface area contributed by atoms with Gasteiger partial charge < -0.3 is 10.1 Å². The molecule has 5 nitrogen and oxygen atoms in total. The molecule has 3 rings (SSSR count). The van der Waals surface area contributed by atoms with Crippen molar-refractivity contribution in [2.75, 3.05) is 31.6 Å². The highest BCUT2D eigenvalue weighted by Gasteiger charge is 2.19. The number of anilines is 1. The number of nitrogens with zero attached hydrogens (tertiary/aromatic N) is 3. The van der Waals surface area contributed by atoms with Gasteiger partial charge in [0.05, 0.1) is 6.10 Å². The summed E-state index contributed by atoms with van der Waals surface area (Å²) in [6, 6.07) is 12.7. The molecule has 1 unspecified atom stereocenters.